The summed E-state index contributed by atoms with van der Waals surface area (Å²) in [6, 6.07) is 7.39. The topological polar surface area (TPSA) is 64.2 Å². The first-order valence-electron chi connectivity index (χ1n) is 6.99. The SMILES string of the molecule is NC1CCCN(C(=O)c2cnn(-c3ccc(Cl)cc3)c2)C1. The average molecular weight is 305 g/mol. The molecule has 0 bridgehead atoms. The Morgan fingerprint density at radius 3 is 2.81 bits per heavy atom. The van der Waals surface area contributed by atoms with Gasteiger partial charge in [-0.25, -0.2) is 4.68 Å². The molecular formula is C15H17ClN4O. The summed E-state index contributed by atoms with van der Waals surface area (Å²) >= 11 is 5.87. The number of benzene rings is 1. The molecule has 1 saturated heterocycles. The van der Waals surface area contributed by atoms with Crippen molar-refractivity contribution in [2.45, 2.75) is 18.9 Å². The van der Waals surface area contributed by atoms with Crippen molar-refractivity contribution in [3.8, 4) is 5.69 Å². The second-order valence-electron chi connectivity index (χ2n) is 5.30. The molecule has 0 radical (unpaired) electrons. The summed E-state index contributed by atoms with van der Waals surface area (Å²) < 4.78 is 1.67. The van der Waals surface area contributed by atoms with Gasteiger partial charge in [0.05, 0.1) is 17.4 Å². The van der Waals surface area contributed by atoms with Gasteiger partial charge < -0.3 is 10.6 Å². The summed E-state index contributed by atoms with van der Waals surface area (Å²) in [5, 5.41) is 4.92. The highest BCUT2D eigenvalue weighted by Gasteiger charge is 2.23. The lowest BCUT2D eigenvalue weighted by Gasteiger charge is -2.30. The number of aromatic nitrogens is 2. The maximum atomic E-state index is 12.4. The van der Waals surface area contributed by atoms with Gasteiger partial charge in [0, 0.05) is 30.4 Å². The monoisotopic (exact) mass is 304 g/mol. The quantitative estimate of drug-likeness (QED) is 0.924. The van der Waals surface area contributed by atoms with E-state index < -0.39 is 0 Å². The van der Waals surface area contributed by atoms with Gasteiger partial charge >= 0.3 is 0 Å². The molecular weight excluding hydrogens is 288 g/mol. The zero-order valence-electron chi connectivity index (χ0n) is 11.6. The number of amides is 1. The van der Waals surface area contributed by atoms with E-state index in [-0.39, 0.29) is 11.9 Å². The van der Waals surface area contributed by atoms with Gasteiger partial charge in [-0.05, 0) is 37.1 Å². The van der Waals surface area contributed by atoms with Gasteiger partial charge in [-0.15, -0.1) is 0 Å². The van der Waals surface area contributed by atoms with Crippen LogP contribution in [0, 0.1) is 0 Å². The number of piperidine rings is 1. The molecule has 2 aromatic rings. The third-order valence-corrected chi connectivity index (χ3v) is 3.92. The largest absolute Gasteiger partial charge is 0.337 e. The van der Waals surface area contributed by atoms with Crippen molar-refractivity contribution < 1.29 is 4.79 Å². The van der Waals surface area contributed by atoms with Crippen LogP contribution in [0.4, 0.5) is 0 Å². The summed E-state index contributed by atoms with van der Waals surface area (Å²) in [4.78, 5) is 14.2. The van der Waals surface area contributed by atoms with E-state index in [4.69, 9.17) is 17.3 Å². The van der Waals surface area contributed by atoms with Crippen LogP contribution in [0.15, 0.2) is 36.7 Å². The molecule has 1 amide bonds. The van der Waals surface area contributed by atoms with Crippen molar-refractivity contribution in [3.05, 3.63) is 47.2 Å². The van der Waals surface area contributed by atoms with E-state index in [1.54, 1.807) is 34.1 Å². The Labute approximate surface area is 128 Å². The minimum atomic E-state index is -0.00892. The van der Waals surface area contributed by atoms with E-state index in [1.807, 2.05) is 12.1 Å². The van der Waals surface area contributed by atoms with Gasteiger partial charge in [-0.3, -0.25) is 4.79 Å². The lowest BCUT2D eigenvalue weighted by atomic mass is 10.1. The number of nitrogens with zero attached hydrogens (tertiary/aromatic N) is 3. The predicted molar refractivity (Wildman–Crippen MR) is 81.7 cm³/mol. The van der Waals surface area contributed by atoms with Crippen molar-refractivity contribution in [2.75, 3.05) is 13.1 Å². The highest BCUT2D eigenvalue weighted by molar-refractivity contribution is 6.30. The molecule has 6 heteroatoms. The third-order valence-electron chi connectivity index (χ3n) is 3.67. The van der Waals surface area contributed by atoms with Crippen LogP contribution in [0.3, 0.4) is 0 Å². The minimum Gasteiger partial charge on any atom is -0.337 e. The van der Waals surface area contributed by atoms with E-state index in [9.17, 15) is 4.79 Å². The molecule has 1 aromatic carbocycles. The van der Waals surface area contributed by atoms with Crippen LogP contribution in [0.25, 0.3) is 5.69 Å². The summed E-state index contributed by atoms with van der Waals surface area (Å²) in [6.45, 7) is 1.38. The molecule has 1 unspecified atom stereocenters. The zero-order chi connectivity index (χ0) is 14.8. The number of nitrogens with two attached hydrogens (primary N) is 1. The molecule has 21 heavy (non-hydrogen) atoms. The highest BCUT2D eigenvalue weighted by Crippen LogP contribution is 2.16. The Hall–Kier alpha value is -1.85. The molecule has 2 heterocycles. The maximum absolute atomic E-state index is 12.4. The molecule has 110 valence electrons. The normalized spacial score (nSPS) is 18.8. The fourth-order valence-electron chi connectivity index (χ4n) is 2.55. The van der Waals surface area contributed by atoms with Crippen LogP contribution in [-0.2, 0) is 0 Å². The number of carbonyl (C=O) groups is 1. The Morgan fingerprint density at radius 2 is 2.10 bits per heavy atom. The van der Waals surface area contributed by atoms with Crippen LogP contribution in [0.5, 0.6) is 0 Å². The summed E-state index contributed by atoms with van der Waals surface area (Å²) in [7, 11) is 0. The predicted octanol–water partition coefficient (Wildman–Crippen LogP) is 2.09. The van der Waals surface area contributed by atoms with E-state index in [1.165, 1.54) is 0 Å². The number of rotatable bonds is 2. The first kappa shape index (κ1) is 14.1. The summed E-state index contributed by atoms with van der Waals surface area (Å²) in [6.07, 6.45) is 5.27. The molecule has 0 aliphatic carbocycles. The van der Waals surface area contributed by atoms with Gasteiger partial charge in [0.15, 0.2) is 0 Å². The van der Waals surface area contributed by atoms with Gasteiger partial charge in [-0.2, -0.15) is 5.10 Å². The second-order valence-corrected chi connectivity index (χ2v) is 5.74. The van der Waals surface area contributed by atoms with Crippen LogP contribution in [-0.4, -0.2) is 39.7 Å². The van der Waals surface area contributed by atoms with Crippen molar-refractivity contribution in [2.24, 2.45) is 5.73 Å². The molecule has 1 atom stereocenters. The molecule has 1 aliphatic rings. The van der Waals surface area contributed by atoms with E-state index in [0.717, 1.165) is 25.1 Å². The molecule has 1 aromatic heterocycles. The molecule has 0 spiro atoms. The van der Waals surface area contributed by atoms with Gasteiger partial charge in [0.25, 0.3) is 5.91 Å². The lowest BCUT2D eigenvalue weighted by Crippen LogP contribution is -2.45. The van der Waals surface area contributed by atoms with E-state index in [2.05, 4.69) is 5.10 Å². The Bertz CT molecular complexity index is 637. The maximum Gasteiger partial charge on any atom is 0.257 e. The van der Waals surface area contributed by atoms with Crippen molar-refractivity contribution in [1.29, 1.82) is 0 Å². The third kappa shape index (κ3) is 3.09. The van der Waals surface area contributed by atoms with Crippen molar-refractivity contribution in [1.82, 2.24) is 14.7 Å². The molecule has 0 saturated carbocycles. The standard InChI is InChI=1S/C15H17ClN4O/c16-12-3-5-14(6-4-12)20-9-11(8-18-20)15(21)19-7-1-2-13(17)10-19/h3-6,8-9,13H,1-2,7,10,17H2. The van der Waals surface area contributed by atoms with Crippen molar-refractivity contribution in [3.63, 3.8) is 0 Å². The fraction of sp³-hybridized carbons (Fsp3) is 0.333. The van der Waals surface area contributed by atoms with Crippen LogP contribution in [0.1, 0.15) is 23.2 Å². The number of likely N-dealkylation sites (tertiary alicyclic amines) is 1. The smallest absolute Gasteiger partial charge is 0.257 e. The summed E-state index contributed by atoms with van der Waals surface area (Å²) in [5.74, 6) is -0.00892. The Balaban J connectivity index is 1.78. The number of hydrogen-bond acceptors (Lipinski definition) is 3. The molecule has 3 rings (SSSR count). The van der Waals surface area contributed by atoms with E-state index >= 15 is 0 Å². The molecule has 5 nitrogen and oxygen atoms in total. The average Bonchev–Trinajstić information content (AvgIpc) is 2.97. The second kappa shape index (κ2) is 5.87. The fourth-order valence-corrected chi connectivity index (χ4v) is 2.67. The van der Waals surface area contributed by atoms with Crippen LogP contribution >= 0.6 is 11.6 Å². The number of halogens is 1. The highest BCUT2D eigenvalue weighted by atomic mass is 35.5. The Kier molecular flexibility index (Phi) is 3.94. The lowest BCUT2D eigenvalue weighted by molar-refractivity contribution is 0.0709. The number of hydrogen-bond donors (Lipinski definition) is 1. The van der Waals surface area contributed by atoms with Crippen molar-refractivity contribution >= 4 is 17.5 Å². The first-order chi connectivity index (χ1) is 10.1. The Morgan fingerprint density at radius 1 is 1.33 bits per heavy atom. The number of carbonyl (C=O) groups excluding carboxylic acids is 1. The van der Waals surface area contributed by atoms with Crippen LogP contribution < -0.4 is 5.73 Å². The molecule has 1 fully saturated rings. The molecule has 2 N–H and O–H groups in total. The van der Waals surface area contributed by atoms with Gasteiger partial charge in [-0.1, -0.05) is 11.6 Å². The van der Waals surface area contributed by atoms with Gasteiger partial charge in [0.2, 0.25) is 0 Å². The van der Waals surface area contributed by atoms with Gasteiger partial charge in [0.1, 0.15) is 0 Å². The van der Waals surface area contributed by atoms with E-state index in [0.29, 0.717) is 17.1 Å². The summed E-state index contributed by atoms with van der Waals surface area (Å²) in [5.41, 5.74) is 7.38. The minimum absolute atomic E-state index is 0.00892. The molecule has 1 aliphatic heterocycles. The van der Waals surface area contributed by atoms with Crippen LogP contribution in [0.2, 0.25) is 5.02 Å². The zero-order valence-corrected chi connectivity index (χ0v) is 12.3. The first-order valence-corrected chi connectivity index (χ1v) is 7.37.